The molecule has 1 N–H and O–H groups in total. The summed E-state index contributed by atoms with van der Waals surface area (Å²) in [7, 11) is 2.06. The molecule has 0 saturated carbocycles. The van der Waals surface area contributed by atoms with Gasteiger partial charge in [0.05, 0.1) is 0 Å². The molecule has 2 heteroatoms. The smallest absolute Gasteiger partial charge is 0.0220 e. The van der Waals surface area contributed by atoms with E-state index >= 15 is 0 Å². The number of hydrogen-bond donors (Lipinski definition) is 1. The van der Waals surface area contributed by atoms with Crippen LogP contribution < -0.4 is 5.32 Å². The molecular weight excluding hydrogens is 160 g/mol. The minimum Gasteiger partial charge on any atom is -0.318 e. The van der Waals surface area contributed by atoms with Gasteiger partial charge in [-0.1, -0.05) is 19.8 Å². The van der Waals surface area contributed by atoms with Crippen LogP contribution in [0.4, 0.5) is 0 Å². The van der Waals surface area contributed by atoms with Crippen LogP contribution in [0, 0.1) is 0 Å². The topological polar surface area (TPSA) is 15.3 Å². The fourth-order valence-electron chi connectivity index (χ4n) is 2.18. The third-order valence-electron chi connectivity index (χ3n) is 2.99. The van der Waals surface area contributed by atoms with Gasteiger partial charge >= 0.3 is 0 Å². The third-order valence-corrected chi connectivity index (χ3v) is 2.99. The summed E-state index contributed by atoms with van der Waals surface area (Å²) in [5, 5.41) is 3.30. The van der Waals surface area contributed by atoms with E-state index < -0.39 is 0 Å². The Morgan fingerprint density at radius 1 is 1.38 bits per heavy atom. The third kappa shape index (κ3) is 3.65. The molecule has 0 aromatic carbocycles. The summed E-state index contributed by atoms with van der Waals surface area (Å²) < 4.78 is 0. The van der Waals surface area contributed by atoms with E-state index in [0.717, 1.165) is 6.04 Å². The standard InChI is InChI=1S/C11H24N2/c1-3-4-8-13-9-6-5-7-11(13)10-12-2/h11-12H,3-10H2,1-2H3/t11-/m1/s1. The van der Waals surface area contributed by atoms with Crippen LogP contribution >= 0.6 is 0 Å². The molecule has 0 amide bonds. The highest BCUT2D eigenvalue weighted by molar-refractivity contribution is 4.77. The number of likely N-dealkylation sites (N-methyl/N-ethyl adjacent to an activating group) is 1. The molecule has 1 atom stereocenters. The number of nitrogens with one attached hydrogen (secondary N) is 1. The van der Waals surface area contributed by atoms with Crippen LogP contribution in [-0.4, -0.2) is 37.6 Å². The Labute approximate surface area is 82.7 Å². The van der Waals surface area contributed by atoms with E-state index in [2.05, 4.69) is 24.2 Å². The first kappa shape index (κ1) is 11.0. The van der Waals surface area contributed by atoms with Crippen molar-refractivity contribution < 1.29 is 0 Å². The maximum Gasteiger partial charge on any atom is 0.0220 e. The lowest BCUT2D eigenvalue weighted by molar-refractivity contribution is 0.145. The van der Waals surface area contributed by atoms with Crippen LogP contribution in [0.1, 0.15) is 39.0 Å². The number of piperidine rings is 1. The molecule has 2 nitrogen and oxygen atoms in total. The van der Waals surface area contributed by atoms with Crippen LogP contribution in [0.2, 0.25) is 0 Å². The molecule has 1 heterocycles. The van der Waals surface area contributed by atoms with Crippen LogP contribution in [-0.2, 0) is 0 Å². The molecule has 0 radical (unpaired) electrons. The van der Waals surface area contributed by atoms with Gasteiger partial charge in [-0.05, 0) is 39.4 Å². The average Bonchev–Trinajstić information content (AvgIpc) is 2.17. The number of nitrogens with zero attached hydrogens (tertiary/aromatic N) is 1. The largest absolute Gasteiger partial charge is 0.318 e. The first-order chi connectivity index (χ1) is 6.38. The fraction of sp³-hybridized carbons (Fsp3) is 1.00. The lowest BCUT2D eigenvalue weighted by Gasteiger charge is -2.35. The highest BCUT2D eigenvalue weighted by atomic mass is 15.2. The Balaban J connectivity index is 2.28. The second-order valence-corrected chi connectivity index (χ2v) is 4.10. The van der Waals surface area contributed by atoms with Crippen LogP contribution in [0.25, 0.3) is 0 Å². The molecule has 1 aliphatic rings. The molecule has 78 valence electrons. The van der Waals surface area contributed by atoms with Gasteiger partial charge in [0.2, 0.25) is 0 Å². The molecule has 0 unspecified atom stereocenters. The zero-order chi connectivity index (χ0) is 9.52. The second-order valence-electron chi connectivity index (χ2n) is 4.10. The second kappa shape index (κ2) is 6.39. The van der Waals surface area contributed by atoms with E-state index in [4.69, 9.17) is 0 Å². The maximum absolute atomic E-state index is 3.30. The fourth-order valence-corrected chi connectivity index (χ4v) is 2.18. The minimum absolute atomic E-state index is 0.810. The van der Waals surface area contributed by atoms with E-state index in [1.54, 1.807) is 0 Å². The van der Waals surface area contributed by atoms with Crippen molar-refractivity contribution >= 4 is 0 Å². The number of rotatable bonds is 5. The first-order valence-electron chi connectivity index (χ1n) is 5.77. The van der Waals surface area contributed by atoms with E-state index in [-0.39, 0.29) is 0 Å². The maximum atomic E-state index is 3.30. The summed E-state index contributed by atoms with van der Waals surface area (Å²) >= 11 is 0. The van der Waals surface area contributed by atoms with E-state index in [1.165, 1.54) is 51.7 Å². The molecule has 0 bridgehead atoms. The van der Waals surface area contributed by atoms with Crippen molar-refractivity contribution in [1.29, 1.82) is 0 Å². The summed E-state index contributed by atoms with van der Waals surface area (Å²) in [6.45, 7) is 6.08. The van der Waals surface area contributed by atoms with Crippen LogP contribution in [0.15, 0.2) is 0 Å². The van der Waals surface area contributed by atoms with Gasteiger partial charge in [0.25, 0.3) is 0 Å². The molecule has 0 aromatic heterocycles. The molecule has 1 fully saturated rings. The minimum atomic E-state index is 0.810. The van der Waals surface area contributed by atoms with Gasteiger partial charge in [-0.25, -0.2) is 0 Å². The lowest BCUT2D eigenvalue weighted by Crippen LogP contribution is -2.45. The van der Waals surface area contributed by atoms with Crippen LogP contribution in [0.3, 0.4) is 0 Å². The van der Waals surface area contributed by atoms with Gasteiger partial charge in [-0.15, -0.1) is 0 Å². The number of hydrogen-bond acceptors (Lipinski definition) is 2. The van der Waals surface area contributed by atoms with E-state index in [1.807, 2.05) is 0 Å². The van der Waals surface area contributed by atoms with Crippen molar-refractivity contribution in [2.24, 2.45) is 0 Å². The van der Waals surface area contributed by atoms with Crippen molar-refractivity contribution in [1.82, 2.24) is 10.2 Å². The summed E-state index contributed by atoms with van der Waals surface area (Å²) in [6.07, 6.45) is 6.91. The Hall–Kier alpha value is -0.0800. The summed E-state index contributed by atoms with van der Waals surface area (Å²) in [5.41, 5.74) is 0. The summed E-state index contributed by atoms with van der Waals surface area (Å²) in [6, 6.07) is 0.810. The van der Waals surface area contributed by atoms with Crippen molar-refractivity contribution in [2.75, 3.05) is 26.7 Å². The van der Waals surface area contributed by atoms with E-state index in [0.29, 0.717) is 0 Å². The monoisotopic (exact) mass is 184 g/mol. The molecule has 0 aliphatic carbocycles. The SMILES string of the molecule is CCCCN1CCCC[C@@H]1CNC. The Morgan fingerprint density at radius 3 is 2.92 bits per heavy atom. The predicted octanol–water partition coefficient (Wildman–Crippen LogP) is 1.86. The highest BCUT2D eigenvalue weighted by Crippen LogP contribution is 2.16. The van der Waals surface area contributed by atoms with Gasteiger partial charge in [-0.2, -0.15) is 0 Å². The average molecular weight is 184 g/mol. The highest BCUT2D eigenvalue weighted by Gasteiger charge is 2.20. The normalized spacial score (nSPS) is 24.9. The van der Waals surface area contributed by atoms with Gasteiger partial charge in [-0.3, -0.25) is 4.90 Å². The molecule has 1 aliphatic heterocycles. The number of likely N-dealkylation sites (tertiary alicyclic amines) is 1. The number of unbranched alkanes of at least 4 members (excludes halogenated alkanes) is 1. The Kier molecular flexibility index (Phi) is 5.40. The zero-order valence-corrected chi connectivity index (χ0v) is 9.18. The zero-order valence-electron chi connectivity index (χ0n) is 9.18. The molecular formula is C11H24N2. The predicted molar refractivity (Wildman–Crippen MR) is 58.0 cm³/mol. The van der Waals surface area contributed by atoms with Gasteiger partial charge in [0, 0.05) is 12.6 Å². The lowest BCUT2D eigenvalue weighted by atomic mass is 10.0. The van der Waals surface area contributed by atoms with E-state index in [9.17, 15) is 0 Å². The quantitative estimate of drug-likeness (QED) is 0.701. The Bertz CT molecular complexity index is 123. The molecule has 0 spiro atoms. The van der Waals surface area contributed by atoms with Gasteiger partial charge < -0.3 is 5.32 Å². The molecule has 1 saturated heterocycles. The Morgan fingerprint density at radius 2 is 2.23 bits per heavy atom. The first-order valence-corrected chi connectivity index (χ1v) is 5.77. The summed E-state index contributed by atoms with van der Waals surface area (Å²) in [5.74, 6) is 0. The molecule has 0 aromatic rings. The van der Waals surface area contributed by atoms with Crippen molar-refractivity contribution in [2.45, 2.75) is 45.1 Å². The summed E-state index contributed by atoms with van der Waals surface area (Å²) in [4.78, 5) is 2.67. The van der Waals surface area contributed by atoms with Gasteiger partial charge in [0.15, 0.2) is 0 Å². The molecule has 1 rings (SSSR count). The van der Waals surface area contributed by atoms with Crippen molar-refractivity contribution in [3.8, 4) is 0 Å². The van der Waals surface area contributed by atoms with Gasteiger partial charge in [0.1, 0.15) is 0 Å². The molecule has 13 heavy (non-hydrogen) atoms. The van der Waals surface area contributed by atoms with Crippen molar-refractivity contribution in [3.63, 3.8) is 0 Å². The van der Waals surface area contributed by atoms with Crippen molar-refractivity contribution in [3.05, 3.63) is 0 Å². The van der Waals surface area contributed by atoms with Crippen LogP contribution in [0.5, 0.6) is 0 Å².